The number of amides is 1. The van der Waals surface area contributed by atoms with Crippen LogP contribution in [0.4, 0.5) is 0 Å². The molecular weight excluding hydrogens is 192 g/mol. The third-order valence-electron chi connectivity index (χ3n) is 2.05. The molecule has 2 N–H and O–H groups in total. The number of hydrogen-bond donors (Lipinski definition) is 1. The zero-order valence-corrected chi connectivity index (χ0v) is 8.86. The van der Waals surface area contributed by atoms with Crippen molar-refractivity contribution >= 4 is 11.7 Å². The molecule has 1 aromatic carbocycles. The van der Waals surface area contributed by atoms with E-state index < -0.39 is 0 Å². The first-order valence-corrected chi connectivity index (χ1v) is 4.61. The van der Waals surface area contributed by atoms with Gasteiger partial charge < -0.3 is 10.6 Å². The van der Waals surface area contributed by atoms with Gasteiger partial charge in [-0.2, -0.15) is 0 Å². The summed E-state index contributed by atoms with van der Waals surface area (Å²) in [6.07, 6.45) is 0. The highest BCUT2D eigenvalue weighted by atomic mass is 16.2. The van der Waals surface area contributed by atoms with Gasteiger partial charge in [0.25, 0.3) is 5.91 Å². The lowest BCUT2D eigenvalue weighted by Gasteiger charge is -2.10. The van der Waals surface area contributed by atoms with Crippen molar-refractivity contribution in [1.29, 1.82) is 0 Å². The van der Waals surface area contributed by atoms with E-state index in [1.165, 1.54) is 4.90 Å². The molecule has 0 aromatic heterocycles. The van der Waals surface area contributed by atoms with Crippen LogP contribution in [-0.2, 0) is 0 Å². The van der Waals surface area contributed by atoms with Crippen molar-refractivity contribution in [3.8, 4) is 0 Å². The number of carbonyl (C=O) groups excluding carboxylic acids is 2. The Morgan fingerprint density at radius 1 is 1.13 bits per heavy atom. The molecular formula is C11H14N2O2. The Morgan fingerprint density at radius 2 is 1.60 bits per heavy atom. The minimum absolute atomic E-state index is 0.0129. The number of benzene rings is 1. The highest BCUT2D eigenvalue weighted by molar-refractivity contribution is 5.99. The zero-order chi connectivity index (χ0) is 11.4. The Labute approximate surface area is 88.7 Å². The van der Waals surface area contributed by atoms with E-state index >= 15 is 0 Å². The second kappa shape index (κ2) is 4.70. The molecule has 1 rings (SSSR count). The maximum atomic E-state index is 11.5. The summed E-state index contributed by atoms with van der Waals surface area (Å²) in [6, 6.07) is 6.49. The molecule has 0 atom stereocenters. The Balaban J connectivity index is 2.90. The van der Waals surface area contributed by atoms with E-state index in [0.717, 1.165) is 0 Å². The lowest BCUT2D eigenvalue weighted by Crippen LogP contribution is -2.21. The smallest absolute Gasteiger partial charge is 0.253 e. The minimum atomic E-state index is -0.126. The van der Waals surface area contributed by atoms with Crippen LogP contribution in [0.3, 0.4) is 0 Å². The molecule has 0 spiro atoms. The van der Waals surface area contributed by atoms with Gasteiger partial charge in [-0.1, -0.05) is 12.1 Å². The van der Waals surface area contributed by atoms with E-state index in [1.807, 2.05) is 0 Å². The van der Waals surface area contributed by atoms with Gasteiger partial charge in [0, 0.05) is 25.2 Å². The third-order valence-corrected chi connectivity index (χ3v) is 2.05. The van der Waals surface area contributed by atoms with Crippen molar-refractivity contribution < 1.29 is 9.59 Å². The molecule has 0 saturated carbocycles. The summed E-state index contributed by atoms with van der Waals surface area (Å²) in [5.74, 6) is -0.208. The SMILES string of the molecule is CN(C)C(=O)c1ccc(C(=O)CN)cc1. The van der Waals surface area contributed by atoms with Gasteiger partial charge in [-0.3, -0.25) is 9.59 Å². The van der Waals surface area contributed by atoms with E-state index in [4.69, 9.17) is 5.73 Å². The Morgan fingerprint density at radius 3 is 2.00 bits per heavy atom. The van der Waals surface area contributed by atoms with E-state index in [1.54, 1.807) is 38.4 Å². The van der Waals surface area contributed by atoms with E-state index in [9.17, 15) is 9.59 Å². The number of nitrogens with zero attached hydrogens (tertiary/aromatic N) is 1. The van der Waals surface area contributed by atoms with Gasteiger partial charge in [-0.25, -0.2) is 0 Å². The molecule has 4 nitrogen and oxygen atoms in total. The molecule has 1 aromatic rings. The Hall–Kier alpha value is -1.68. The number of hydrogen-bond acceptors (Lipinski definition) is 3. The average Bonchev–Trinajstić information content (AvgIpc) is 2.27. The second-order valence-electron chi connectivity index (χ2n) is 3.40. The molecule has 0 bridgehead atoms. The van der Waals surface area contributed by atoms with Gasteiger partial charge in [0.15, 0.2) is 5.78 Å². The maximum Gasteiger partial charge on any atom is 0.253 e. The van der Waals surface area contributed by atoms with Crippen molar-refractivity contribution in [2.45, 2.75) is 0 Å². The number of rotatable bonds is 3. The molecule has 15 heavy (non-hydrogen) atoms. The third kappa shape index (κ3) is 2.63. The van der Waals surface area contributed by atoms with Crippen LogP contribution < -0.4 is 5.73 Å². The van der Waals surface area contributed by atoms with E-state index in [-0.39, 0.29) is 18.2 Å². The molecule has 4 heteroatoms. The van der Waals surface area contributed by atoms with Crippen molar-refractivity contribution in [3.63, 3.8) is 0 Å². The molecule has 0 radical (unpaired) electrons. The van der Waals surface area contributed by atoms with Crippen molar-refractivity contribution in [3.05, 3.63) is 35.4 Å². The molecule has 0 aliphatic rings. The normalized spacial score (nSPS) is 9.80. The Bertz CT molecular complexity index is 369. The summed E-state index contributed by atoms with van der Waals surface area (Å²) in [5, 5.41) is 0. The number of Topliss-reactive ketones (excluding diaryl/α,β-unsaturated/α-hetero) is 1. The summed E-state index contributed by atoms with van der Waals surface area (Å²) in [6.45, 7) is -0.0129. The van der Waals surface area contributed by atoms with E-state index in [2.05, 4.69) is 0 Å². The molecule has 0 fully saturated rings. The number of ketones is 1. The van der Waals surface area contributed by atoms with Gasteiger partial charge in [0.05, 0.1) is 6.54 Å². The first kappa shape index (κ1) is 11.4. The predicted octanol–water partition coefficient (Wildman–Crippen LogP) is 0.530. The van der Waals surface area contributed by atoms with Crippen LogP contribution in [0, 0.1) is 0 Å². The van der Waals surface area contributed by atoms with Gasteiger partial charge in [0.1, 0.15) is 0 Å². The van der Waals surface area contributed by atoms with Gasteiger partial charge >= 0.3 is 0 Å². The average molecular weight is 206 g/mol. The van der Waals surface area contributed by atoms with Gasteiger partial charge in [-0.15, -0.1) is 0 Å². The fraction of sp³-hybridized carbons (Fsp3) is 0.273. The molecule has 0 heterocycles. The quantitative estimate of drug-likeness (QED) is 0.734. The fourth-order valence-corrected chi connectivity index (χ4v) is 1.17. The largest absolute Gasteiger partial charge is 0.345 e. The predicted molar refractivity (Wildman–Crippen MR) is 57.8 cm³/mol. The van der Waals surface area contributed by atoms with Crippen LogP contribution >= 0.6 is 0 Å². The van der Waals surface area contributed by atoms with Crippen LogP contribution in [0.15, 0.2) is 24.3 Å². The summed E-state index contributed by atoms with van der Waals surface area (Å²) in [5.41, 5.74) is 6.32. The molecule has 1 amide bonds. The van der Waals surface area contributed by atoms with Crippen LogP contribution in [0.2, 0.25) is 0 Å². The standard InChI is InChI=1S/C11H14N2O2/c1-13(2)11(15)9-5-3-8(4-6-9)10(14)7-12/h3-6H,7,12H2,1-2H3. The van der Waals surface area contributed by atoms with Crippen molar-refractivity contribution in [1.82, 2.24) is 4.90 Å². The number of nitrogens with two attached hydrogens (primary N) is 1. The van der Waals surface area contributed by atoms with Crippen molar-refractivity contribution in [2.24, 2.45) is 5.73 Å². The van der Waals surface area contributed by atoms with Gasteiger partial charge in [0.2, 0.25) is 0 Å². The minimum Gasteiger partial charge on any atom is -0.345 e. The van der Waals surface area contributed by atoms with Crippen LogP contribution in [0.5, 0.6) is 0 Å². The molecule has 0 unspecified atom stereocenters. The lowest BCUT2D eigenvalue weighted by molar-refractivity contribution is 0.0827. The van der Waals surface area contributed by atoms with Crippen LogP contribution in [0.1, 0.15) is 20.7 Å². The van der Waals surface area contributed by atoms with Crippen LogP contribution in [-0.4, -0.2) is 37.2 Å². The second-order valence-corrected chi connectivity index (χ2v) is 3.40. The Kier molecular flexibility index (Phi) is 3.57. The van der Waals surface area contributed by atoms with Crippen LogP contribution in [0.25, 0.3) is 0 Å². The summed E-state index contributed by atoms with van der Waals surface area (Å²) in [4.78, 5) is 24.2. The molecule has 0 aliphatic carbocycles. The fourth-order valence-electron chi connectivity index (χ4n) is 1.17. The number of carbonyl (C=O) groups is 2. The van der Waals surface area contributed by atoms with Crippen molar-refractivity contribution in [2.75, 3.05) is 20.6 Å². The first-order valence-electron chi connectivity index (χ1n) is 4.61. The van der Waals surface area contributed by atoms with E-state index in [0.29, 0.717) is 11.1 Å². The zero-order valence-electron chi connectivity index (χ0n) is 8.86. The van der Waals surface area contributed by atoms with Gasteiger partial charge in [-0.05, 0) is 12.1 Å². The highest BCUT2D eigenvalue weighted by Gasteiger charge is 2.08. The summed E-state index contributed by atoms with van der Waals surface area (Å²) in [7, 11) is 3.36. The molecule has 0 saturated heterocycles. The topological polar surface area (TPSA) is 63.4 Å². The maximum absolute atomic E-state index is 11.5. The highest BCUT2D eigenvalue weighted by Crippen LogP contribution is 2.06. The lowest BCUT2D eigenvalue weighted by atomic mass is 10.1. The molecule has 0 aliphatic heterocycles. The first-order chi connectivity index (χ1) is 7.06. The summed E-state index contributed by atoms with van der Waals surface area (Å²) >= 11 is 0. The monoisotopic (exact) mass is 206 g/mol. The molecule has 80 valence electrons. The summed E-state index contributed by atoms with van der Waals surface area (Å²) < 4.78 is 0.